The van der Waals surface area contributed by atoms with E-state index in [9.17, 15) is 0 Å². The van der Waals surface area contributed by atoms with Crippen LogP contribution in [0.1, 0.15) is 13.8 Å². The Balaban J connectivity index is 1.72. The molecule has 0 fully saturated rings. The number of aromatic amines is 1. The van der Waals surface area contributed by atoms with Crippen molar-refractivity contribution in [2.45, 2.75) is 13.8 Å². The molecule has 0 bridgehead atoms. The molecule has 0 unspecified atom stereocenters. The summed E-state index contributed by atoms with van der Waals surface area (Å²) in [6.07, 6.45) is 0. The molecule has 3 heteroatoms. The first-order valence-electron chi connectivity index (χ1n) is 9.94. The topological polar surface area (TPSA) is 31.9 Å². The van der Waals surface area contributed by atoms with E-state index in [1.54, 1.807) is 0 Å². The molecular weight excluding hydrogens is 342 g/mol. The highest BCUT2D eigenvalue weighted by atomic mass is 15.1. The van der Waals surface area contributed by atoms with Crippen molar-refractivity contribution in [1.29, 1.82) is 0 Å². The number of nitrogens with zero attached hydrogens (tertiary/aromatic N) is 2. The molecule has 0 saturated carbocycles. The van der Waals surface area contributed by atoms with E-state index in [0.717, 1.165) is 35.5 Å². The van der Waals surface area contributed by atoms with Crippen LogP contribution in [0.15, 0.2) is 72.8 Å². The third-order valence-electron chi connectivity index (χ3n) is 5.64. The molecule has 1 heterocycles. The van der Waals surface area contributed by atoms with Crippen molar-refractivity contribution in [3.63, 3.8) is 0 Å². The summed E-state index contributed by atoms with van der Waals surface area (Å²) in [6, 6.07) is 25.8. The molecule has 0 atom stereocenters. The van der Waals surface area contributed by atoms with Gasteiger partial charge in [0.05, 0.1) is 11.0 Å². The van der Waals surface area contributed by atoms with E-state index >= 15 is 0 Å². The molecule has 3 nitrogen and oxygen atoms in total. The Morgan fingerprint density at radius 1 is 0.714 bits per heavy atom. The van der Waals surface area contributed by atoms with Gasteiger partial charge in [-0.1, -0.05) is 48.5 Å². The van der Waals surface area contributed by atoms with Crippen molar-refractivity contribution < 1.29 is 0 Å². The van der Waals surface area contributed by atoms with Gasteiger partial charge in [0.2, 0.25) is 0 Å². The van der Waals surface area contributed by atoms with E-state index in [1.807, 2.05) is 0 Å². The highest BCUT2D eigenvalue weighted by Gasteiger charge is 2.13. The Bertz CT molecular complexity index is 1210. The van der Waals surface area contributed by atoms with Crippen molar-refractivity contribution in [3.8, 4) is 11.4 Å². The average molecular weight is 365 g/mol. The maximum Gasteiger partial charge on any atom is 0.138 e. The molecule has 0 aliphatic rings. The standard InChI is InChI=1S/C25H23N3/c1-3-28(4-2)18-15-13-17(14-16-18)25-26-23-21-11-7-5-9-19(21)20-10-6-8-12-22(20)24(23)27-25/h5-16H,3-4H2,1-2H3,(H,26,27). The fraction of sp³-hybridized carbons (Fsp3) is 0.160. The maximum absolute atomic E-state index is 5.01. The number of rotatable bonds is 4. The Morgan fingerprint density at radius 3 is 1.93 bits per heavy atom. The Hall–Kier alpha value is -3.33. The minimum atomic E-state index is 0.919. The molecule has 1 aromatic heterocycles. The van der Waals surface area contributed by atoms with Crippen LogP contribution in [0.5, 0.6) is 0 Å². The molecule has 0 aliphatic heterocycles. The van der Waals surface area contributed by atoms with Crippen LogP contribution in [-0.2, 0) is 0 Å². The Labute approximate surface area is 164 Å². The van der Waals surface area contributed by atoms with Crippen LogP contribution in [0.3, 0.4) is 0 Å². The van der Waals surface area contributed by atoms with Crippen LogP contribution in [0, 0.1) is 0 Å². The number of anilines is 1. The molecule has 0 spiro atoms. The second kappa shape index (κ2) is 6.68. The number of H-pyrrole nitrogens is 1. The van der Waals surface area contributed by atoms with Gasteiger partial charge >= 0.3 is 0 Å². The van der Waals surface area contributed by atoms with Crippen molar-refractivity contribution in [2.75, 3.05) is 18.0 Å². The Kier molecular flexibility index (Phi) is 4.01. The van der Waals surface area contributed by atoms with Gasteiger partial charge in [-0.25, -0.2) is 4.98 Å². The van der Waals surface area contributed by atoms with Gasteiger partial charge in [0.25, 0.3) is 0 Å². The first kappa shape index (κ1) is 16.8. The van der Waals surface area contributed by atoms with Gasteiger partial charge in [0, 0.05) is 35.1 Å². The molecule has 0 amide bonds. The minimum absolute atomic E-state index is 0.919. The first-order valence-corrected chi connectivity index (χ1v) is 9.94. The molecule has 0 radical (unpaired) electrons. The minimum Gasteiger partial charge on any atom is -0.372 e. The van der Waals surface area contributed by atoms with E-state index < -0.39 is 0 Å². The lowest BCUT2D eigenvalue weighted by Gasteiger charge is -2.20. The zero-order chi connectivity index (χ0) is 19.1. The average Bonchev–Trinajstić information content (AvgIpc) is 3.21. The predicted octanol–water partition coefficient (Wildman–Crippen LogP) is 6.38. The predicted molar refractivity (Wildman–Crippen MR) is 120 cm³/mol. The van der Waals surface area contributed by atoms with Gasteiger partial charge in [-0.2, -0.15) is 0 Å². The highest BCUT2D eigenvalue weighted by molar-refractivity contribution is 6.23. The van der Waals surface area contributed by atoms with E-state index in [4.69, 9.17) is 4.98 Å². The molecule has 28 heavy (non-hydrogen) atoms. The summed E-state index contributed by atoms with van der Waals surface area (Å²) in [7, 11) is 0. The lowest BCUT2D eigenvalue weighted by Crippen LogP contribution is -2.21. The number of imidazole rings is 1. The number of aromatic nitrogens is 2. The van der Waals surface area contributed by atoms with Gasteiger partial charge < -0.3 is 9.88 Å². The van der Waals surface area contributed by atoms with E-state index in [-0.39, 0.29) is 0 Å². The lowest BCUT2D eigenvalue weighted by molar-refractivity contribution is 0.866. The molecule has 0 aliphatic carbocycles. The number of nitrogens with one attached hydrogen (secondary N) is 1. The first-order chi connectivity index (χ1) is 13.8. The van der Waals surface area contributed by atoms with Crippen LogP contribution in [0.2, 0.25) is 0 Å². The lowest BCUT2D eigenvalue weighted by atomic mass is 10.0. The molecule has 1 N–H and O–H groups in total. The van der Waals surface area contributed by atoms with Crippen LogP contribution in [0.4, 0.5) is 5.69 Å². The second-order valence-corrected chi connectivity index (χ2v) is 7.12. The van der Waals surface area contributed by atoms with Crippen molar-refractivity contribution in [2.24, 2.45) is 0 Å². The van der Waals surface area contributed by atoms with Crippen molar-refractivity contribution >= 4 is 38.3 Å². The summed E-state index contributed by atoms with van der Waals surface area (Å²) in [6.45, 7) is 6.40. The SMILES string of the molecule is CCN(CC)c1ccc(-c2nc3c4ccccc4c4ccccc4c3[nH]2)cc1. The number of hydrogen-bond donors (Lipinski definition) is 1. The quantitative estimate of drug-likeness (QED) is 0.375. The van der Waals surface area contributed by atoms with E-state index in [1.165, 1.54) is 27.2 Å². The highest BCUT2D eigenvalue weighted by Crippen LogP contribution is 2.35. The number of fused-ring (bicyclic) bond motifs is 6. The van der Waals surface area contributed by atoms with E-state index in [2.05, 4.69) is 96.5 Å². The van der Waals surface area contributed by atoms with Gasteiger partial charge in [-0.05, 0) is 48.9 Å². The summed E-state index contributed by atoms with van der Waals surface area (Å²) in [4.78, 5) is 11.0. The zero-order valence-corrected chi connectivity index (χ0v) is 16.2. The van der Waals surface area contributed by atoms with Gasteiger partial charge in [-0.15, -0.1) is 0 Å². The summed E-state index contributed by atoms with van der Waals surface area (Å²) >= 11 is 0. The molecule has 5 aromatic rings. The van der Waals surface area contributed by atoms with Crippen LogP contribution < -0.4 is 4.90 Å². The maximum atomic E-state index is 5.01. The normalized spacial score (nSPS) is 11.5. The molecule has 5 rings (SSSR count). The second-order valence-electron chi connectivity index (χ2n) is 7.12. The third-order valence-corrected chi connectivity index (χ3v) is 5.64. The molecule has 4 aromatic carbocycles. The molecule has 138 valence electrons. The van der Waals surface area contributed by atoms with Crippen molar-refractivity contribution in [1.82, 2.24) is 9.97 Å². The van der Waals surface area contributed by atoms with Gasteiger partial charge in [0.1, 0.15) is 5.82 Å². The largest absolute Gasteiger partial charge is 0.372 e. The molecular formula is C25H23N3. The third kappa shape index (κ3) is 2.55. The van der Waals surface area contributed by atoms with Crippen LogP contribution >= 0.6 is 0 Å². The van der Waals surface area contributed by atoms with Gasteiger partial charge in [0.15, 0.2) is 0 Å². The van der Waals surface area contributed by atoms with Crippen LogP contribution in [-0.4, -0.2) is 23.1 Å². The zero-order valence-electron chi connectivity index (χ0n) is 16.2. The van der Waals surface area contributed by atoms with Crippen molar-refractivity contribution in [3.05, 3.63) is 72.8 Å². The smallest absolute Gasteiger partial charge is 0.138 e. The fourth-order valence-electron chi connectivity index (χ4n) is 4.18. The van der Waals surface area contributed by atoms with Crippen LogP contribution in [0.25, 0.3) is 44.0 Å². The summed E-state index contributed by atoms with van der Waals surface area (Å²) in [5, 5.41) is 4.92. The summed E-state index contributed by atoms with van der Waals surface area (Å²) in [5.74, 6) is 0.919. The summed E-state index contributed by atoms with van der Waals surface area (Å²) < 4.78 is 0. The van der Waals surface area contributed by atoms with Gasteiger partial charge in [-0.3, -0.25) is 0 Å². The van der Waals surface area contributed by atoms with E-state index in [0.29, 0.717) is 0 Å². The number of hydrogen-bond acceptors (Lipinski definition) is 2. The molecule has 0 saturated heterocycles. The fourth-order valence-corrected chi connectivity index (χ4v) is 4.18. The Morgan fingerprint density at radius 2 is 1.29 bits per heavy atom. The monoisotopic (exact) mass is 365 g/mol. The summed E-state index contributed by atoms with van der Waals surface area (Å²) in [5.41, 5.74) is 4.51. The number of benzene rings is 4.